The minimum atomic E-state index is 0.413. The quantitative estimate of drug-likeness (QED) is 0.793. The highest BCUT2D eigenvalue weighted by Crippen LogP contribution is 2.41. The molecule has 3 atom stereocenters. The Labute approximate surface area is 135 Å². The lowest BCUT2D eigenvalue weighted by Crippen LogP contribution is -2.43. The van der Waals surface area contributed by atoms with Gasteiger partial charge in [-0.1, -0.05) is 57.5 Å². The second kappa shape index (κ2) is 7.15. The fraction of sp³-hybridized carbons (Fsp3) is 0.684. The minimum absolute atomic E-state index is 0.413. The molecule has 3 unspecified atom stereocenters. The Morgan fingerprint density at radius 3 is 2.52 bits per heavy atom. The molecule has 1 aromatic carbocycles. The summed E-state index contributed by atoms with van der Waals surface area (Å²) in [7, 11) is 0. The average molecular weight is 308 g/mol. The molecular formula is C19H30ClN. The van der Waals surface area contributed by atoms with Crippen LogP contribution in [-0.2, 0) is 6.42 Å². The zero-order chi connectivity index (χ0) is 15.5. The van der Waals surface area contributed by atoms with E-state index in [1.807, 2.05) is 12.1 Å². The van der Waals surface area contributed by atoms with Crippen molar-refractivity contribution in [3.8, 4) is 0 Å². The van der Waals surface area contributed by atoms with E-state index >= 15 is 0 Å². The van der Waals surface area contributed by atoms with Crippen LogP contribution < -0.4 is 5.32 Å². The van der Waals surface area contributed by atoms with E-state index in [9.17, 15) is 0 Å². The third kappa shape index (κ3) is 4.47. The van der Waals surface area contributed by atoms with Gasteiger partial charge in [-0.25, -0.2) is 0 Å². The van der Waals surface area contributed by atoms with Gasteiger partial charge in [0.05, 0.1) is 0 Å². The molecule has 1 saturated carbocycles. The highest BCUT2D eigenvalue weighted by Gasteiger charge is 2.35. The summed E-state index contributed by atoms with van der Waals surface area (Å²) in [6.07, 6.45) is 5.06. The highest BCUT2D eigenvalue weighted by molar-refractivity contribution is 6.31. The Balaban J connectivity index is 2.12. The van der Waals surface area contributed by atoms with Crippen molar-refractivity contribution in [3.63, 3.8) is 0 Å². The average Bonchev–Trinajstić information content (AvgIpc) is 2.42. The molecule has 1 fully saturated rings. The van der Waals surface area contributed by atoms with Crippen LogP contribution >= 0.6 is 11.6 Å². The number of rotatable bonds is 4. The molecule has 0 amide bonds. The number of hydrogen-bond acceptors (Lipinski definition) is 1. The first-order valence-corrected chi connectivity index (χ1v) is 8.76. The van der Waals surface area contributed by atoms with E-state index in [2.05, 4.69) is 45.1 Å². The molecule has 0 bridgehead atoms. The summed E-state index contributed by atoms with van der Waals surface area (Å²) in [5, 5.41) is 4.63. The molecule has 21 heavy (non-hydrogen) atoms. The monoisotopic (exact) mass is 307 g/mol. The van der Waals surface area contributed by atoms with E-state index in [-0.39, 0.29) is 0 Å². The predicted molar refractivity (Wildman–Crippen MR) is 92.9 cm³/mol. The summed E-state index contributed by atoms with van der Waals surface area (Å²) in [5.41, 5.74) is 1.72. The SMILES string of the molecule is CCNC1CCC(C(C)(C)C)CC1Cc1ccccc1Cl. The third-order valence-electron chi connectivity index (χ3n) is 5.11. The smallest absolute Gasteiger partial charge is 0.0438 e. The Bertz CT molecular complexity index is 449. The summed E-state index contributed by atoms with van der Waals surface area (Å²) >= 11 is 6.37. The number of benzene rings is 1. The van der Waals surface area contributed by atoms with Gasteiger partial charge in [-0.05, 0) is 61.1 Å². The Morgan fingerprint density at radius 2 is 1.90 bits per heavy atom. The summed E-state index contributed by atoms with van der Waals surface area (Å²) in [6.45, 7) is 10.4. The van der Waals surface area contributed by atoms with E-state index < -0.39 is 0 Å². The standard InChI is InChI=1S/C19H30ClN/c1-5-21-18-11-10-16(19(2,3)4)13-15(18)12-14-8-6-7-9-17(14)20/h6-9,15-16,18,21H,5,10-13H2,1-4H3. The van der Waals surface area contributed by atoms with Gasteiger partial charge in [-0.15, -0.1) is 0 Å². The van der Waals surface area contributed by atoms with Gasteiger partial charge in [-0.2, -0.15) is 0 Å². The van der Waals surface area contributed by atoms with Gasteiger partial charge in [-0.3, -0.25) is 0 Å². The van der Waals surface area contributed by atoms with Crippen LogP contribution in [0.25, 0.3) is 0 Å². The number of hydrogen-bond donors (Lipinski definition) is 1. The molecule has 1 aromatic rings. The van der Waals surface area contributed by atoms with Gasteiger partial charge in [0, 0.05) is 11.1 Å². The van der Waals surface area contributed by atoms with E-state index in [0.717, 1.165) is 23.9 Å². The number of nitrogens with one attached hydrogen (secondary N) is 1. The van der Waals surface area contributed by atoms with Crippen LogP contribution in [0.2, 0.25) is 5.02 Å². The van der Waals surface area contributed by atoms with Crippen LogP contribution in [0.4, 0.5) is 0 Å². The summed E-state index contributed by atoms with van der Waals surface area (Å²) in [5.74, 6) is 1.52. The van der Waals surface area contributed by atoms with Crippen molar-refractivity contribution in [2.75, 3.05) is 6.54 Å². The predicted octanol–water partition coefficient (Wildman–Crippen LogP) is 5.32. The van der Waals surface area contributed by atoms with Crippen LogP contribution in [0.5, 0.6) is 0 Å². The van der Waals surface area contributed by atoms with Crippen molar-refractivity contribution in [3.05, 3.63) is 34.9 Å². The van der Waals surface area contributed by atoms with Gasteiger partial charge < -0.3 is 5.32 Å². The van der Waals surface area contributed by atoms with Crippen LogP contribution in [0.3, 0.4) is 0 Å². The van der Waals surface area contributed by atoms with Crippen LogP contribution in [0.1, 0.15) is 52.5 Å². The molecule has 1 aliphatic carbocycles. The van der Waals surface area contributed by atoms with Gasteiger partial charge >= 0.3 is 0 Å². The number of halogens is 1. The molecule has 118 valence electrons. The van der Waals surface area contributed by atoms with Crippen molar-refractivity contribution in [1.29, 1.82) is 0 Å². The summed E-state index contributed by atoms with van der Waals surface area (Å²) in [6, 6.07) is 8.97. The maximum Gasteiger partial charge on any atom is 0.0438 e. The second-order valence-corrected chi connectivity index (χ2v) is 8.00. The molecule has 0 saturated heterocycles. The Hall–Kier alpha value is -0.530. The highest BCUT2D eigenvalue weighted by atomic mass is 35.5. The lowest BCUT2D eigenvalue weighted by Gasteiger charge is -2.42. The zero-order valence-corrected chi connectivity index (χ0v) is 14.7. The molecule has 1 N–H and O–H groups in total. The Kier molecular flexibility index (Phi) is 5.73. The van der Waals surface area contributed by atoms with E-state index in [1.165, 1.54) is 24.8 Å². The molecule has 0 aliphatic heterocycles. The second-order valence-electron chi connectivity index (χ2n) is 7.60. The van der Waals surface area contributed by atoms with Crippen molar-refractivity contribution in [2.24, 2.45) is 17.3 Å². The maximum absolute atomic E-state index is 6.37. The van der Waals surface area contributed by atoms with Gasteiger partial charge in [0.25, 0.3) is 0 Å². The topological polar surface area (TPSA) is 12.0 Å². The molecule has 0 aromatic heterocycles. The van der Waals surface area contributed by atoms with Crippen molar-refractivity contribution >= 4 is 11.6 Å². The van der Waals surface area contributed by atoms with Gasteiger partial charge in [0.2, 0.25) is 0 Å². The summed E-state index contributed by atoms with van der Waals surface area (Å²) in [4.78, 5) is 0. The summed E-state index contributed by atoms with van der Waals surface area (Å²) < 4.78 is 0. The Morgan fingerprint density at radius 1 is 1.19 bits per heavy atom. The molecule has 1 aliphatic rings. The van der Waals surface area contributed by atoms with Gasteiger partial charge in [0.1, 0.15) is 0 Å². The molecular weight excluding hydrogens is 278 g/mol. The first kappa shape index (κ1) is 16.8. The van der Waals surface area contributed by atoms with Crippen molar-refractivity contribution in [1.82, 2.24) is 5.32 Å². The van der Waals surface area contributed by atoms with Crippen molar-refractivity contribution < 1.29 is 0 Å². The molecule has 0 heterocycles. The van der Waals surface area contributed by atoms with Crippen molar-refractivity contribution in [2.45, 2.75) is 59.4 Å². The zero-order valence-electron chi connectivity index (χ0n) is 14.0. The maximum atomic E-state index is 6.37. The lowest BCUT2D eigenvalue weighted by atomic mass is 9.66. The van der Waals surface area contributed by atoms with E-state index in [4.69, 9.17) is 11.6 Å². The molecule has 2 heteroatoms. The van der Waals surface area contributed by atoms with E-state index in [1.54, 1.807) is 0 Å². The molecule has 1 nitrogen and oxygen atoms in total. The molecule has 2 rings (SSSR count). The van der Waals surface area contributed by atoms with Crippen LogP contribution in [0, 0.1) is 17.3 Å². The first-order valence-electron chi connectivity index (χ1n) is 8.38. The minimum Gasteiger partial charge on any atom is -0.314 e. The van der Waals surface area contributed by atoms with E-state index in [0.29, 0.717) is 17.4 Å². The van der Waals surface area contributed by atoms with Gasteiger partial charge in [0.15, 0.2) is 0 Å². The fourth-order valence-corrected chi connectivity index (χ4v) is 3.97. The molecule has 0 radical (unpaired) electrons. The lowest BCUT2D eigenvalue weighted by molar-refractivity contribution is 0.114. The normalized spacial score (nSPS) is 26.8. The first-order chi connectivity index (χ1) is 9.91. The largest absolute Gasteiger partial charge is 0.314 e. The van der Waals surface area contributed by atoms with Crippen LogP contribution in [0.15, 0.2) is 24.3 Å². The van der Waals surface area contributed by atoms with Crippen LogP contribution in [-0.4, -0.2) is 12.6 Å². The molecule has 0 spiro atoms. The fourth-order valence-electron chi connectivity index (χ4n) is 3.75. The third-order valence-corrected chi connectivity index (χ3v) is 5.48.